The molecule has 2 atom stereocenters. The quantitative estimate of drug-likeness (QED) is 0.648. The third-order valence-electron chi connectivity index (χ3n) is 3.17. The van der Waals surface area contributed by atoms with Crippen molar-refractivity contribution in [1.82, 2.24) is 15.1 Å². The fourth-order valence-corrected chi connectivity index (χ4v) is 1.97. The molecular weight excluding hydrogens is 216 g/mol. The molecule has 0 aliphatic rings. The van der Waals surface area contributed by atoms with Crippen LogP contribution in [0.3, 0.4) is 0 Å². The van der Waals surface area contributed by atoms with E-state index in [0.29, 0.717) is 12.6 Å². The van der Waals surface area contributed by atoms with E-state index in [1.54, 1.807) is 0 Å². The van der Waals surface area contributed by atoms with Crippen LogP contribution in [0.1, 0.15) is 37.1 Å². The summed E-state index contributed by atoms with van der Waals surface area (Å²) in [7, 11) is 1.93. The topological polar surface area (TPSA) is 76.1 Å². The first-order valence-corrected chi connectivity index (χ1v) is 6.15. The molecule has 0 radical (unpaired) electrons. The Labute approximate surface area is 103 Å². The zero-order chi connectivity index (χ0) is 12.8. The molecule has 0 spiro atoms. The molecule has 0 aliphatic carbocycles. The van der Waals surface area contributed by atoms with Gasteiger partial charge in [0.15, 0.2) is 0 Å². The maximum Gasteiger partial charge on any atom is 0.0540 e. The van der Waals surface area contributed by atoms with E-state index < -0.39 is 0 Å². The Bertz CT molecular complexity index is 337. The van der Waals surface area contributed by atoms with Gasteiger partial charge in [0.05, 0.1) is 6.20 Å². The smallest absolute Gasteiger partial charge is 0.0540 e. The number of hydrogen-bond acceptors (Lipinski definition) is 4. The molecule has 0 aromatic carbocycles. The van der Waals surface area contributed by atoms with Crippen molar-refractivity contribution < 1.29 is 5.11 Å². The standard InChI is InChI=1S/C12H24N4O/c1-9(5-4-6-17)15-12(7-13)11-8-14-16(3)10(11)2/h8-9,12,15,17H,4-7,13H2,1-3H3. The van der Waals surface area contributed by atoms with Crippen molar-refractivity contribution in [2.24, 2.45) is 12.8 Å². The van der Waals surface area contributed by atoms with Crippen molar-refractivity contribution in [2.75, 3.05) is 13.2 Å². The highest BCUT2D eigenvalue weighted by atomic mass is 16.2. The Morgan fingerprint density at radius 1 is 1.59 bits per heavy atom. The van der Waals surface area contributed by atoms with E-state index in [0.717, 1.165) is 24.1 Å². The van der Waals surface area contributed by atoms with E-state index in [9.17, 15) is 0 Å². The number of aryl methyl sites for hydroxylation is 1. The predicted octanol–water partition coefficient (Wildman–Crippen LogP) is 0.479. The van der Waals surface area contributed by atoms with E-state index in [4.69, 9.17) is 10.8 Å². The van der Waals surface area contributed by atoms with Gasteiger partial charge in [-0.2, -0.15) is 5.10 Å². The minimum Gasteiger partial charge on any atom is -0.396 e. The summed E-state index contributed by atoms with van der Waals surface area (Å²) < 4.78 is 1.86. The number of nitrogens with two attached hydrogens (primary N) is 1. The third kappa shape index (κ3) is 3.80. The molecule has 0 fully saturated rings. The second kappa shape index (κ2) is 6.74. The van der Waals surface area contributed by atoms with Crippen LogP contribution in [0.4, 0.5) is 0 Å². The van der Waals surface area contributed by atoms with Crippen molar-refractivity contribution in [3.8, 4) is 0 Å². The van der Waals surface area contributed by atoms with Crippen LogP contribution < -0.4 is 11.1 Å². The zero-order valence-corrected chi connectivity index (χ0v) is 11.0. The highest BCUT2D eigenvalue weighted by Crippen LogP contribution is 2.17. The van der Waals surface area contributed by atoms with Gasteiger partial charge in [0, 0.05) is 43.5 Å². The average Bonchev–Trinajstić information content (AvgIpc) is 2.65. The van der Waals surface area contributed by atoms with E-state index in [1.165, 1.54) is 0 Å². The Balaban J connectivity index is 2.62. The SMILES string of the molecule is Cc1c(C(CN)NC(C)CCCO)cnn1C. The van der Waals surface area contributed by atoms with Gasteiger partial charge in [-0.05, 0) is 26.7 Å². The molecule has 0 amide bonds. The van der Waals surface area contributed by atoms with E-state index in [2.05, 4.69) is 17.3 Å². The fraction of sp³-hybridized carbons (Fsp3) is 0.750. The predicted molar refractivity (Wildman–Crippen MR) is 68.7 cm³/mol. The number of hydrogen-bond donors (Lipinski definition) is 3. The van der Waals surface area contributed by atoms with Gasteiger partial charge in [0.2, 0.25) is 0 Å². The summed E-state index contributed by atoms with van der Waals surface area (Å²) in [4.78, 5) is 0. The van der Waals surface area contributed by atoms with Crippen LogP contribution >= 0.6 is 0 Å². The van der Waals surface area contributed by atoms with Gasteiger partial charge in [-0.15, -0.1) is 0 Å². The number of rotatable bonds is 7. The van der Waals surface area contributed by atoms with Gasteiger partial charge >= 0.3 is 0 Å². The van der Waals surface area contributed by atoms with Gasteiger partial charge in [0.25, 0.3) is 0 Å². The Morgan fingerprint density at radius 2 is 2.29 bits per heavy atom. The number of aliphatic hydroxyl groups excluding tert-OH is 1. The summed E-state index contributed by atoms with van der Waals surface area (Å²) in [5.41, 5.74) is 8.11. The molecule has 0 bridgehead atoms. The lowest BCUT2D eigenvalue weighted by Crippen LogP contribution is -2.35. The Kier molecular flexibility index (Phi) is 5.61. The molecule has 5 nitrogen and oxygen atoms in total. The first-order chi connectivity index (χ1) is 8.10. The van der Waals surface area contributed by atoms with Crippen LogP contribution in [-0.2, 0) is 7.05 Å². The largest absolute Gasteiger partial charge is 0.396 e. The van der Waals surface area contributed by atoms with Crippen molar-refractivity contribution in [3.63, 3.8) is 0 Å². The lowest BCUT2D eigenvalue weighted by Gasteiger charge is -2.22. The minimum absolute atomic E-state index is 0.136. The summed E-state index contributed by atoms with van der Waals surface area (Å²) in [6.45, 7) is 4.95. The molecule has 1 aromatic heterocycles. The van der Waals surface area contributed by atoms with Gasteiger partial charge in [-0.1, -0.05) is 0 Å². The second-order valence-electron chi connectivity index (χ2n) is 4.53. The van der Waals surface area contributed by atoms with Crippen LogP contribution in [0.5, 0.6) is 0 Å². The maximum absolute atomic E-state index is 8.81. The van der Waals surface area contributed by atoms with Crippen LogP contribution in [0.2, 0.25) is 0 Å². The normalized spacial score (nSPS) is 14.9. The van der Waals surface area contributed by atoms with Crippen molar-refractivity contribution >= 4 is 0 Å². The van der Waals surface area contributed by atoms with E-state index >= 15 is 0 Å². The highest BCUT2D eigenvalue weighted by molar-refractivity contribution is 5.21. The van der Waals surface area contributed by atoms with E-state index in [1.807, 2.05) is 24.9 Å². The van der Waals surface area contributed by atoms with Gasteiger partial charge in [-0.25, -0.2) is 0 Å². The molecule has 4 N–H and O–H groups in total. The monoisotopic (exact) mass is 240 g/mol. The van der Waals surface area contributed by atoms with Crippen molar-refractivity contribution in [3.05, 3.63) is 17.5 Å². The number of aromatic nitrogens is 2. The van der Waals surface area contributed by atoms with Gasteiger partial charge < -0.3 is 16.2 Å². The summed E-state index contributed by atoms with van der Waals surface area (Å²) in [5, 5.41) is 16.5. The lowest BCUT2D eigenvalue weighted by atomic mass is 10.1. The molecule has 0 saturated heterocycles. The molecule has 0 saturated carbocycles. The average molecular weight is 240 g/mol. The number of aliphatic hydroxyl groups is 1. The van der Waals surface area contributed by atoms with Crippen LogP contribution in [0.15, 0.2) is 6.20 Å². The van der Waals surface area contributed by atoms with Crippen LogP contribution in [0.25, 0.3) is 0 Å². The molecule has 1 rings (SSSR count). The van der Waals surface area contributed by atoms with Crippen LogP contribution in [0, 0.1) is 6.92 Å². The molecule has 17 heavy (non-hydrogen) atoms. The molecule has 1 aromatic rings. The molecule has 98 valence electrons. The summed E-state index contributed by atoms with van der Waals surface area (Å²) in [6, 6.07) is 0.479. The highest BCUT2D eigenvalue weighted by Gasteiger charge is 2.16. The van der Waals surface area contributed by atoms with Crippen molar-refractivity contribution in [1.29, 1.82) is 0 Å². The Morgan fingerprint density at radius 3 is 2.76 bits per heavy atom. The first-order valence-electron chi connectivity index (χ1n) is 6.15. The number of nitrogens with one attached hydrogen (secondary N) is 1. The Hall–Kier alpha value is -0.910. The lowest BCUT2D eigenvalue weighted by molar-refractivity contribution is 0.274. The minimum atomic E-state index is 0.136. The van der Waals surface area contributed by atoms with Gasteiger partial charge in [0.1, 0.15) is 0 Å². The van der Waals surface area contributed by atoms with Crippen LogP contribution in [-0.4, -0.2) is 34.1 Å². The fourth-order valence-electron chi connectivity index (χ4n) is 1.97. The molecule has 5 heteroatoms. The molecule has 1 heterocycles. The van der Waals surface area contributed by atoms with Crippen molar-refractivity contribution in [2.45, 2.75) is 38.8 Å². The summed E-state index contributed by atoms with van der Waals surface area (Å²) in [5.74, 6) is 0. The second-order valence-corrected chi connectivity index (χ2v) is 4.53. The summed E-state index contributed by atoms with van der Waals surface area (Å²) >= 11 is 0. The molecular formula is C12H24N4O. The maximum atomic E-state index is 8.81. The van der Waals surface area contributed by atoms with Gasteiger partial charge in [-0.3, -0.25) is 4.68 Å². The summed E-state index contributed by atoms with van der Waals surface area (Å²) in [6.07, 6.45) is 3.64. The number of nitrogens with zero attached hydrogens (tertiary/aromatic N) is 2. The molecule has 0 aliphatic heterocycles. The van der Waals surface area contributed by atoms with E-state index in [-0.39, 0.29) is 12.6 Å². The zero-order valence-electron chi connectivity index (χ0n) is 11.0. The third-order valence-corrected chi connectivity index (χ3v) is 3.17. The first kappa shape index (κ1) is 14.2. The molecule has 2 unspecified atom stereocenters.